The second kappa shape index (κ2) is 5.75. The second-order valence-corrected chi connectivity index (χ2v) is 4.62. The first-order valence-electron chi connectivity index (χ1n) is 6.81. The van der Waals surface area contributed by atoms with Crippen LogP contribution in [0.25, 0.3) is 0 Å². The standard InChI is InChI=1S/C16H15N3O2/c1-2-21-12-9-7-11(8-10-12)18-19-15-13-5-3-4-6-14(13)17-16(15)20/h3-10,15H,2H2,1H3,(H,17,20). The number of azo groups is 1. The van der Waals surface area contributed by atoms with Crippen molar-refractivity contribution >= 4 is 17.3 Å². The Labute approximate surface area is 122 Å². The number of anilines is 1. The van der Waals surface area contributed by atoms with Gasteiger partial charge in [0.25, 0.3) is 5.91 Å². The third kappa shape index (κ3) is 2.76. The van der Waals surface area contributed by atoms with E-state index >= 15 is 0 Å². The van der Waals surface area contributed by atoms with Gasteiger partial charge in [0.1, 0.15) is 5.75 Å². The van der Waals surface area contributed by atoms with Crippen LogP contribution in [-0.4, -0.2) is 12.5 Å². The molecule has 1 atom stereocenters. The number of carbonyl (C=O) groups is 1. The number of para-hydroxylation sites is 1. The zero-order valence-electron chi connectivity index (χ0n) is 11.6. The first-order valence-corrected chi connectivity index (χ1v) is 6.81. The Balaban J connectivity index is 1.78. The fraction of sp³-hybridized carbons (Fsp3) is 0.188. The number of hydrogen-bond donors (Lipinski definition) is 1. The van der Waals surface area contributed by atoms with Crippen LogP contribution in [-0.2, 0) is 4.79 Å². The monoisotopic (exact) mass is 281 g/mol. The molecule has 2 aromatic carbocycles. The first kappa shape index (κ1) is 13.3. The molecule has 106 valence electrons. The van der Waals surface area contributed by atoms with Crippen molar-refractivity contribution in [3.8, 4) is 5.75 Å². The highest BCUT2D eigenvalue weighted by Gasteiger charge is 2.29. The van der Waals surface area contributed by atoms with Crippen LogP contribution in [0, 0.1) is 0 Å². The number of amides is 1. The van der Waals surface area contributed by atoms with Crippen LogP contribution in [0.5, 0.6) is 5.75 Å². The van der Waals surface area contributed by atoms with E-state index in [1.54, 1.807) is 0 Å². The molecule has 0 radical (unpaired) electrons. The molecule has 0 fully saturated rings. The van der Waals surface area contributed by atoms with E-state index in [1.165, 1.54) is 0 Å². The van der Waals surface area contributed by atoms with Gasteiger partial charge in [-0.1, -0.05) is 18.2 Å². The van der Waals surface area contributed by atoms with Gasteiger partial charge in [-0.05, 0) is 37.3 Å². The molecule has 1 N–H and O–H groups in total. The van der Waals surface area contributed by atoms with E-state index in [1.807, 2.05) is 55.5 Å². The maximum atomic E-state index is 11.9. The van der Waals surface area contributed by atoms with Gasteiger partial charge in [0.2, 0.25) is 0 Å². The van der Waals surface area contributed by atoms with Crippen LogP contribution in [0.4, 0.5) is 11.4 Å². The van der Waals surface area contributed by atoms with Crippen molar-refractivity contribution in [2.24, 2.45) is 10.2 Å². The molecule has 2 aromatic rings. The highest BCUT2D eigenvalue weighted by atomic mass is 16.5. The lowest BCUT2D eigenvalue weighted by molar-refractivity contribution is -0.116. The summed E-state index contributed by atoms with van der Waals surface area (Å²) in [6, 6.07) is 14.2. The van der Waals surface area contributed by atoms with E-state index in [2.05, 4.69) is 15.5 Å². The summed E-state index contributed by atoms with van der Waals surface area (Å²) in [6.07, 6.45) is 0. The zero-order chi connectivity index (χ0) is 14.7. The molecule has 5 nitrogen and oxygen atoms in total. The number of benzene rings is 2. The molecular weight excluding hydrogens is 266 g/mol. The topological polar surface area (TPSA) is 63.1 Å². The van der Waals surface area contributed by atoms with Gasteiger partial charge in [0.05, 0.1) is 12.3 Å². The maximum absolute atomic E-state index is 11.9. The molecule has 0 aliphatic carbocycles. The number of nitrogens with zero attached hydrogens (tertiary/aromatic N) is 2. The molecule has 5 heteroatoms. The molecular formula is C16H15N3O2. The Hall–Kier alpha value is -2.69. The minimum Gasteiger partial charge on any atom is -0.494 e. The largest absolute Gasteiger partial charge is 0.494 e. The van der Waals surface area contributed by atoms with Crippen molar-refractivity contribution < 1.29 is 9.53 Å². The van der Waals surface area contributed by atoms with Crippen LogP contribution >= 0.6 is 0 Å². The number of hydrogen-bond acceptors (Lipinski definition) is 4. The van der Waals surface area contributed by atoms with E-state index < -0.39 is 6.04 Å². The molecule has 1 aliphatic rings. The molecule has 1 amide bonds. The number of carbonyl (C=O) groups excluding carboxylic acids is 1. The average Bonchev–Trinajstić information content (AvgIpc) is 2.82. The summed E-state index contributed by atoms with van der Waals surface area (Å²) in [4.78, 5) is 11.9. The highest BCUT2D eigenvalue weighted by Crippen LogP contribution is 2.34. The van der Waals surface area contributed by atoms with E-state index in [9.17, 15) is 4.79 Å². The predicted molar refractivity (Wildman–Crippen MR) is 79.9 cm³/mol. The predicted octanol–water partition coefficient (Wildman–Crippen LogP) is 3.86. The molecule has 1 unspecified atom stereocenters. The van der Waals surface area contributed by atoms with Crippen LogP contribution in [0.2, 0.25) is 0 Å². The van der Waals surface area contributed by atoms with Gasteiger partial charge in [-0.2, -0.15) is 10.2 Å². The smallest absolute Gasteiger partial charge is 0.255 e. The SMILES string of the molecule is CCOc1ccc(N=NC2C(=O)Nc3ccccc32)cc1. The first-order chi connectivity index (χ1) is 10.3. The van der Waals surface area contributed by atoms with Gasteiger partial charge >= 0.3 is 0 Å². The van der Waals surface area contributed by atoms with Gasteiger partial charge in [-0.25, -0.2) is 0 Å². The Morgan fingerprint density at radius 1 is 1.14 bits per heavy atom. The van der Waals surface area contributed by atoms with Crippen molar-refractivity contribution in [1.29, 1.82) is 0 Å². The summed E-state index contributed by atoms with van der Waals surface area (Å²) >= 11 is 0. The maximum Gasteiger partial charge on any atom is 0.255 e. The van der Waals surface area contributed by atoms with Crippen LogP contribution in [0.15, 0.2) is 58.8 Å². The van der Waals surface area contributed by atoms with Gasteiger partial charge in [-0.15, -0.1) is 0 Å². The van der Waals surface area contributed by atoms with Crippen LogP contribution in [0.3, 0.4) is 0 Å². The highest BCUT2D eigenvalue weighted by molar-refractivity contribution is 6.02. The molecule has 0 saturated carbocycles. The van der Waals surface area contributed by atoms with E-state index in [0.717, 1.165) is 17.0 Å². The quantitative estimate of drug-likeness (QED) is 0.865. The van der Waals surface area contributed by atoms with Gasteiger partial charge in [0, 0.05) is 11.3 Å². The van der Waals surface area contributed by atoms with Gasteiger partial charge in [0.15, 0.2) is 6.04 Å². The number of ether oxygens (including phenoxy) is 1. The number of rotatable bonds is 4. The van der Waals surface area contributed by atoms with Crippen molar-refractivity contribution in [1.82, 2.24) is 0 Å². The van der Waals surface area contributed by atoms with E-state index in [0.29, 0.717) is 12.3 Å². The van der Waals surface area contributed by atoms with Crippen LogP contribution in [0.1, 0.15) is 18.5 Å². The molecule has 3 rings (SSSR count). The number of nitrogens with one attached hydrogen (secondary N) is 1. The third-order valence-electron chi connectivity index (χ3n) is 3.20. The van der Waals surface area contributed by atoms with E-state index in [-0.39, 0.29) is 5.91 Å². The Morgan fingerprint density at radius 3 is 2.67 bits per heavy atom. The minimum absolute atomic E-state index is 0.147. The Bertz CT molecular complexity index is 680. The lowest BCUT2D eigenvalue weighted by Crippen LogP contribution is -2.09. The lowest BCUT2D eigenvalue weighted by atomic mass is 10.1. The zero-order valence-corrected chi connectivity index (χ0v) is 11.6. The molecule has 0 aromatic heterocycles. The molecule has 1 heterocycles. The summed E-state index contributed by atoms with van der Waals surface area (Å²) in [5.41, 5.74) is 2.35. The molecule has 0 bridgehead atoms. The molecule has 0 saturated heterocycles. The molecule has 1 aliphatic heterocycles. The lowest BCUT2D eigenvalue weighted by Gasteiger charge is -2.03. The Morgan fingerprint density at radius 2 is 1.90 bits per heavy atom. The fourth-order valence-electron chi connectivity index (χ4n) is 2.21. The summed E-state index contributed by atoms with van der Waals surface area (Å²) in [7, 11) is 0. The fourth-order valence-corrected chi connectivity index (χ4v) is 2.21. The second-order valence-electron chi connectivity index (χ2n) is 4.62. The van der Waals surface area contributed by atoms with Crippen molar-refractivity contribution in [3.63, 3.8) is 0 Å². The normalized spacial score (nSPS) is 16.8. The molecule has 0 spiro atoms. The Kier molecular flexibility index (Phi) is 3.64. The summed E-state index contributed by atoms with van der Waals surface area (Å²) in [6.45, 7) is 2.56. The van der Waals surface area contributed by atoms with Crippen molar-refractivity contribution in [2.45, 2.75) is 13.0 Å². The van der Waals surface area contributed by atoms with Gasteiger partial charge < -0.3 is 10.1 Å². The summed E-state index contributed by atoms with van der Waals surface area (Å²) < 4.78 is 5.37. The summed E-state index contributed by atoms with van der Waals surface area (Å²) in [5, 5.41) is 11.1. The minimum atomic E-state index is -0.576. The van der Waals surface area contributed by atoms with Crippen molar-refractivity contribution in [2.75, 3.05) is 11.9 Å². The average molecular weight is 281 g/mol. The third-order valence-corrected chi connectivity index (χ3v) is 3.20. The number of fused-ring (bicyclic) bond motifs is 1. The van der Waals surface area contributed by atoms with E-state index in [4.69, 9.17) is 4.74 Å². The molecule has 21 heavy (non-hydrogen) atoms. The summed E-state index contributed by atoms with van der Waals surface area (Å²) in [5.74, 6) is 0.645. The van der Waals surface area contributed by atoms with Crippen LogP contribution < -0.4 is 10.1 Å². The van der Waals surface area contributed by atoms with Gasteiger partial charge in [-0.3, -0.25) is 4.79 Å². The van der Waals surface area contributed by atoms with Crippen molar-refractivity contribution in [3.05, 3.63) is 54.1 Å².